The van der Waals surface area contributed by atoms with Gasteiger partial charge >= 0.3 is 5.76 Å². The molecule has 13 heteroatoms. The fourth-order valence-electron chi connectivity index (χ4n) is 4.83. The highest BCUT2D eigenvalue weighted by Crippen LogP contribution is 2.40. The van der Waals surface area contributed by atoms with Gasteiger partial charge in [0, 0.05) is 37.5 Å². The molecule has 3 heterocycles. The van der Waals surface area contributed by atoms with Gasteiger partial charge in [0.2, 0.25) is 0 Å². The highest BCUT2D eigenvalue weighted by molar-refractivity contribution is 7.93. The quantitative estimate of drug-likeness (QED) is 0.292. The van der Waals surface area contributed by atoms with Crippen molar-refractivity contribution in [3.63, 3.8) is 0 Å². The molecule has 216 valence electrons. The summed E-state index contributed by atoms with van der Waals surface area (Å²) in [4.78, 5) is 6.64. The molecule has 0 spiro atoms. The maximum atomic E-state index is 13.5. The van der Waals surface area contributed by atoms with Gasteiger partial charge in [0.05, 0.1) is 16.6 Å². The summed E-state index contributed by atoms with van der Waals surface area (Å²) in [5.41, 5.74) is 10.5. The average Bonchev–Trinajstić information content (AvgIpc) is 3.28. The van der Waals surface area contributed by atoms with E-state index in [4.69, 9.17) is 15.6 Å². The van der Waals surface area contributed by atoms with E-state index >= 15 is 0 Å². The topological polar surface area (TPSA) is 115 Å². The van der Waals surface area contributed by atoms with Gasteiger partial charge < -0.3 is 15.4 Å². The molecule has 1 aliphatic heterocycles. The minimum absolute atomic E-state index is 0.0249. The second kappa shape index (κ2) is 11.1. The number of likely N-dealkylation sites (N-methyl/N-ethyl adjacent to an activating group) is 1. The third-order valence-electron chi connectivity index (χ3n) is 7.03. The number of alkyl halides is 2. The van der Waals surface area contributed by atoms with E-state index in [9.17, 15) is 21.6 Å². The highest BCUT2D eigenvalue weighted by Gasteiger charge is 2.27. The zero-order valence-electron chi connectivity index (χ0n) is 22.6. The minimum Gasteiger partial charge on any atom is -0.484 e. The average molecular weight is 587 g/mol. The number of fused-ring (bicyclic) bond motifs is 1. The predicted molar refractivity (Wildman–Crippen MR) is 152 cm³/mol. The Bertz CT molecular complexity index is 1740. The van der Waals surface area contributed by atoms with Gasteiger partial charge in [-0.3, -0.25) is 9.40 Å². The molecule has 1 atom stereocenters. The summed E-state index contributed by atoms with van der Waals surface area (Å²) >= 11 is 0. The number of rotatable bonds is 8. The first-order valence-electron chi connectivity index (χ1n) is 12.8. The van der Waals surface area contributed by atoms with Crippen molar-refractivity contribution < 1.29 is 26.3 Å². The molecular weight excluding hydrogens is 557 g/mol. The number of anilines is 2. The van der Waals surface area contributed by atoms with Crippen LogP contribution in [0, 0.1) is 5.82 Å². The number of nitrogens with two attached hydrogens (primary N) is 1. The molecular formula is C28H29F3N6O3S. The Balaban J connectivity index is 1.62. The second-order valence-electron chi connectivity index (χ2n) is 9.92. The van der Waals surface area contributed by atoms with Crippen molar-refractivity contribution in [3.8, 4) is 17.0 Å². The van der Waals surface area contributed by atoms with E-state index < -0.39 is 27.7 Å². The molecule has 2 aromatic carbocycles. The maximum Gasteiger partial charge on any atom is 0.355 e. The number of aryl methyl sites for hydroxylation is 1. The van der Waals surface area contributed by atoms with Crippen molar-refractivity contribution >= 4 is 38.0 Å². The van der Waals surface area contributed by atoms with Crippen molar-refractivity contribution in [1.29, 1.82) is 0 Å². The Morgan fingerprint density at radius 2 is 1.85 bits per heavy atom. The van der Waals surface area contributed by atoms with Crippen LogP contribution in [0.15, 0.2) is 54.7 Å². The van der Waals surface area contributed by atoms with Crippen molar-refractivity contribution in [1.82, 2.24) is 19.7 Å². The molecule has 1 unspecified atom stereocenters. The zero-order chi connectivity index (χ0) is 29.5. The van der Waals surface area contributed by atoms with Crippen LogP contribution in [0.5, 0.6) is 5.75 Å². The van der Waals surface area contributed by atoms with E-state index in [1.807, 2.05) is 11.8 Å². The Labute approximate surface area is 235 Å². The lowest BCUT2D eigenvalue weighted by Crippen LogP contribution is -2.23. The number of halogens is 3. The van der Waals surface area contributed by atoms with E-state index in [2.05, 4.69) is 16.0 Å². The Morgan fingerprint density at radius 3 is 2.51 bits per heavy atom. The number of benzene rings is 2. The maximum absolute atomic E-state index is 13.5. The van der Waals surface area contributed by atoms with Crippen LogP contribution >= 0.6 is 0 Å². The summed E-state index contributed by atoms with van der Waals surface area (Å²) in [6.07, 6.45) is 4.03. The number of nitrogen functional groups attached to an aromatic ring is 1. The van der Waals surface area contributed by atoms with Gasteiger partial charge in [-0.05, 0) is 55.8 Å². The number of sulfonamides is 1. The SMILES string of the molecule is CC(Oc1cc(-c2nn(C)c3c(C4=CCN(C)CC4)cnc(N)c23)ccc1NS(=O)(=O)C(F)F)c1ccc(F)cc1. The van der Waals surface area contributed by atoms with Gasteiger partial charge in [-0.15, -0.1) is 0 Å². The molecule has 0 fully saturated rings. The Kier molecular flexibility index (Phi) is 7.66. The normalized spacial score (nSPS) is 15.2. The van der Waals surface area contributed by atoms with Crippen molar-refractivity contribution in [2.24, 2.45) is 7.05 Å². The molecule has 0 amide bonds. The Hall–Kier alpha value is -4.10. The molecule has 0 saturated carbocycles. The molecule has 9 nitrogen and oxygen atoms in total. The molecule has 4 aromatic rings. The molecule has 0 aliphatic carbocycles. The van der Waals surface area contributed by atoms with Crippen LogP contribution in [-0.4, -0.2) is 54.0 Å². The van der Waals surface area contributed by atoms with Crippen LogP contribution in [0.4, 0.5) is 24.7 Å². The van der Waals surface area contributed by atoms with Crippen LogP contribution < -0.4 is 15.2 Å². The number of pyridine rings is 1. The van der Waals surface area contributed by atoms with Crippen LogP contribution in [0.25, 0.3) is 27.7 Å². The van der Waals surface area contributed by atoms with Crippen LogP contribution in [0.1, 0.15) is 30.6 Å². The summed E-state index contributed by atoms with van der Waals surface area (Å²) < 4.78 is 73.6. The third kappa shape index (κ3) is 5.72. The second-order valence-corrected chi connectivity index (χ2v) is 11.6. The smallest absolute Gasteiger partial charge is 0.355 e. The van der Waals surface area contributed by atoms with Crippen LogP contribution in [-0.2, 0) is 17.1 Å². The lowest BCUT2D eigenvalue weighted by atomic mass is 9.98. The molecule has 3 N–H and O–H groups in total. The first kappa shape index (κ1) is 28.4. The molecule has 0 radical (unpaired) electrons. The van der Waals surface area contributed by atoms with Gasteiger partial charge in [0.1, 0.15) is 29.2 Å². The lowest BCUT2D eigenvalue weighted by molar-refractivity contribution is 0.228. The van der Waals surface area contributed by atoms with Gasteiger partial charge in [0.15, 0.2) is 0 Å². The molecule has 0 saturated heterocycles. The van der Waals surface area contributed by atoms with Gasteiger partial charge in [0.25, 0.3) is 10.0 Å². The summed E-state index contributed by atoms with van der Waals surface area (Å²) in [5.74, 6) is -3.85. The summed E-state index contributed by atoms with van der Waals surface area (Å²) in [6.45, 7) is 3.37. The summed E-state index contributed by atoms with van der Waals surface area (Å²) in [7, 11) is -1.14. The van der Waals surface area contributed by atoms with Gasteiger partial charge in [-0.25, -0.2) is 17.8 Å². The number of hydrogen-bond acceptors (Lipinski definition) is 7. The number of aromatic nitrogens is 3. The van der Waals surface area contributed by atoms with Gasteiger partial charge in [-0.1, -0.05) is 24.3 Å². The summed E-state index contributed by atoms with van der Waals surface area (Å²) in [6, 6.07) is 9.94. The summed E-state index contributed by atoms with van der Waals surface area (Å²) in [5, 5.41) is 5.32. The first-order chi connectivity index (χ1) is 19.4. The minimum atomic E-state index is -4.99. The van der Waals surface area contributed by atoms with Crippen molar-refractivity contribution in [3.05, 3.63) is 71.7 Å². The monoisotopic (exact) mass is 586 g/mol. The van der Waals surface area contributed by atoms with Gasteiger partial charge in [-0.2, -0.15) is 13.9 Å². The van der Waals surface area contributed by atoms with E-state index in [0.29, 0.717) is 22.2 Å². The third-order valence-corrected chi connectivity index (χ3v) is 8.01. The zero-order valence-corrected chi connectivity index (χ0v) is 23.4. The molecule has 2 aromatic heterocycles. The predicted octanol–water partition coefficient (Wildman–Crippen LogP) is 5.18. The lowest BCUT2D eigenvalue weighted by Gasteiger charge is -2.22. The number of nitrogens with zero attached hydrogens (tertiary/aromatic N) is 4. The molecule has 1 aliphatic rings. The number of hydrogen-bond donors (Lipinski definition) is 2. The fraction of sp³-hybridized carbons (Fsp3) is 0.286. The number of nitrogens with one attached hydrogen (secondary N) is 1. The highest BCUT2D eigenvalue weighted by atomic mass is 32.2. The van der Waals surface area contributed by atoms with E-state index in [0.717, 1.165) is 36.2 Å². The standard InChI is InChI=1S/C28H29F3N6O3S/c1-16(17-4-7-20(29)8-5-17)40-23-14-19(6-9-22(23)35-41(38,39)28(30)31)25-24-26(37(3)34-25)21(15-33-27(24)32)18-10-12-36(2)13-11-18/h4-10,14-16,28,35H,11-13H2,1-3H3,(H2,32,33). The Morgan fingerprint density at radius 1 is 1.12 bits per heavy atom. The van der Waals surface area contributed by atoms with Crippen molar-refractivity contribution in [2.75, 3.05) is 30.6 Å². The van der Waals surface area contributed by atoms with Crippen LogP contribution in [0.2, 0.25) is 0 Å². The fourth-order valence-corrected chi connectivity index (χ4v) is 5.39. The van der Waals surface area contributed by atoms with E-state index in [1.54, 1.807) is 30.9 Å². The largest absolute Gasteiger partial charge is 0.484 e. The number of ether oxygens (including phenoxy) is 1. The van der Waals surface area contributed by atoms with Crippen LogP contribution in [0.3, 0.4) is 0 Å². The molecule has 5 rings (SSSR count). The molecule has 0 bridgehead atoms. The van der Waals surface area contributed by atoms with E-state index in [1.165, 1.54) is 36.4 Å². The molecule has 41 heavy (non-hydrogen) atoms. The van der Waals surface area contributed by atoms with E-state index in [-0.39, 0.29) is 17.3 Å². The van der Waals surface area contributed by atoms with Crippen molar-refractivity contribution in [2.45, 2.75) is 25.2 Å². The first-order valence-corrected chi connectivity index (χ1v) is 14.3.